The van der Waals surface area contributed by atoms with Crippen molar-refractivity contribution < 1.29 is 9.15 Å². The number of aromatic nitrogens is 6. The zero-order chi connectivity index (χ0) is 20.3. The Morgan fingerprint density at radius 2 is 1.90 bits per heavy atom. The van der Waals surface area contributed by atoms with Crippen molar-refractivity contribution in [2.75, 3.05) is 6.61 Å². The first-order chi connectivity index (χ1) is 14.7. The number of benzene rings is 2. The molecule has 0 unspecified atom stereocenters. The zero-order valence-corrected chi connectivity index (χ0v) is 16.0. The first kappa shape index (κ1) is 18.0. The quantitative estimate of drug-likeness (QED) is 0.305. The van der Waals surface area contributed by atoms with Crippen LogP contribution in [-0.4, -0.2) is 36.6 Å². The van der Waals surface area contributed by atoms with Crippen molar-refractivity contribution in [2.45, 2.75) is 19.5 Å². The molecule has 0 fully saturated rings. The molecular weight excluding hydrogens is 384 g/mol. The van der Waals surface area contributed by atoms with E-state index in [9.17, 15) is 4.79 Å². The van der Waals surface area contributed by atoms with Gasteiger partial charge in [-0.1, -0.05) is 22.6 Å². The first-order valence-electron chi connectivity index (χ1n) is 9.58. The number of hydrogen-bond donors (Lipinski definition) is 0. The van der Waals surface area contributed by atoms with E-state index in [1.165, 1.54) is 6.07 Å². The van der Waals surface area contributed by atoms with Gasteiger partial charge in [0.25, 0.3) is 0 Å². The van der Waals surface area contributed by atoms with Gasteiger partial charge in [0.15, 0.2) is 0 Å². The molecule has 0 amide bonds. The predicted molar refractivity (Wildman–Crippen MR) is 109 cm³/mol. The summed E-state index contributed by atoms with van der Waals surface area (Å²) in [5.74, 6) is 0.661. The monoisotopic (exact) mass is 402 g/mol. The predicted octanol–water partition coefficient (Wildman–Crippen LogP) is 2.65. The van der Waals surface area contributed by atoms with E-state index in [1.54, 1.807) is 16.8 Å². The van der Waals surface area contributed by atoms with Crippen LogP contribution in [0.3, 0.4) is 0 Å². The van der Waals surface area contributed by atoms with Gasteiger partial charge in [-0.3, -0.25) is 4.68 Å². The van der Waals surface area contributed by atoms with Gasteiger partial charge in [-0.2, -0.15) is 0 Å². The third kappa shape index (κ3) is 3.77. The maximum absolute atomic E-state index is 11.3. The Balaban J connectivity index is 1.16. The summed E-state index contributed by atoms with van der Waals surface area (Å²) >= 11 is 0. The second kappa shape index (κ2) is 7.78. The van der Waals surface area contributed by atoms with E-state index in [0.29, 0.717) is 31.0 Å². The molecule has 150 valence electrons. The second-order valence-corrected chi connectivity index (χ2v) is 6.86. The number of rotatable bonds is 7. The van der Waals surface area contributed by atoms with Gasteiger partial charge in [0.2, 0.25) is 0 Å². The van der Waals surface area contributed by atoms with Gasteiger partial charge in [-0.15, -0.1) is 10.2 Å². The Hall–Kier alpha value is -4.01. The number of hydrogen-bond acceptors (Lipinski definition) is 7. The van der Waals surface area contributed by atoms with Crippen molar-refractivity contribution in [1.82, 2.24) is 30.0 Å². The number of fused-ring (bicyclic) bond motifs is 2. The van der Waals surface area contributed by atoms with Gasteiger partial charge in [-0.25, -0.2) is 9.48 Å². The van der Waals surface area contributed by atoms with Gasteiger partial charge in [0.1, 0.15) is 22.5 Å². The van der Waals surface area contributed by atoms with Crippen LogP contribution in [0.4, 0.5) is 0 Å². The molecule has 3 heterocycles. The highest BCUT2D eigenvalue weighted by Gasteiger charge is 2.07. The molecule has 5 rings (SSSR count). The van der Waals surface area contributed by atoms with Crippen molar-refractivity contribution >= 4 is 22.0 Å². The van der Waals surface area contributed by atoms with Crippen LogP contribution in [0.2, 0.25) is 0 Å². The van der Waals surface area contributed by atoms with E-state index in [2.05, 4.69) is 20.6 Å². The fraction of sp³-hybridized carbons (Fsp3) is 0.190. The molecule has 0 aliphatic rings. The number of para-hydroxylation sites is 1. The smallest absolute Gasteiger partial charge is 0.336 e. The van der Waals surface area contributed by atoms with Crippen molar-refractivity contribution in [1.29, 1.82) is 0 Å². The summed E-state index contributed by atoms with van der Waals surface area (Å²) < 4.78 is 14.6. The summed E-state index contributed by atoms with van der Waals surface area (Å²) in [5, 5.41) is 17.6. The molecule has 0 saturated carbocycles. The number of nitrogens with zero attached hydrogens (tertiary/aromatic N) is 6. The fourth-order valence-corrected chi connectivity index (χ4v) is 3.26. The molecule has 0 aliphatic heterocycles. The van der Waals surface area contributed by atoms with E-state index in [0.717, 1.165) is 28.5 Å². The Labute approximate surface area is 170 Å². The Morgan fingerprint density at radius 1 is 1.00 bits per heavy atom. The van der Waals surface area contributed by atoms with Crippen LogP contribution in [0, 0.1) is 0 Å². The minimum atomic E-state index is -0.375. The second-order valence-electron chi connectivity index (χ2n) is 6.86. The van der Waals surface area contributed by atoms with Gasteiger partial charge in [-0.05, 0) is 30.3 Å². The lowest BCUT2D eigenvalue weighted by Gasteiger charge is -2.06. The lowest BCUT2D eigenvalue weighted by Crippen LogP contribution is -2.05. The summed E-state index contributed by atoms with van der Waals surface area (Å²) in [6, 6.07) is 16.4. The number of ether oxygens (including phenoxy) is 1. The largest absolute Gasteiger partial charge is 0.493 e. The highest BCUT2D eigenvalue weighted by molar-refractivity contribution is 5.77. The van der Waals surface area contributed by atoms with E-state index in [-0.39, 0.29) is 5.63 Å². The fourth-order valence-electron chi connectivity index (χ4n) is 3.26. The summed E-state index contributed by atoms with van der Waals surface area (Å²) in [4.78, 5) is 11.3. The molecular formula is C21H18N6O3. The van der Waals surface area contributed by atoms with Crippen LogP contribution in [0.1, 0.15) is 12.1 Å². The summed E-state index contributed by atoms with van der Waals surface area (Å²) in [6.07, 6.45) is 2.66. The van der Waals surface area contributed by atoms with Crippen LogP contribution in [-0.2, 0) is 13.1 Å². The van der Waals surface area contributed by atoms with Crippen molar-refractivity contribution in [3.8, 4) is 5.75 Å². The van der Waals surface area contributed by atoms with Gasteiger partial charge >= 0.3 is 5.63 Å². The third-order valence-corrected chi connectivity index (χ3v) is 4.71. The lowest BCUT2D eigenvalue weighted by atomic mass is 10.2. The maximum atomic E-state index is 11.3. The first-order valence-corrected chi connectivity index (χ1v) is 9.58. The molecule has 0 N–H and O–H groups in total. The third-order valence-electron chi connectivity index (χ3n) is 4.71. The molecule has 0 saturated heterocycles. The van der Waals surface area contributed by atoms with E-state index in [1.807, 2.05) is 47.3 Å². The van der Waals surface area contributed by atoms with Crippen LogP contribution < -0.4 is 10.4 Å². The molecule has 0 aliphatic carbocycles. The molecule has 30 heavy (non-hydrogen) atoms. The van der Waals surface area contributed by atoms with Crippen LogP contribution in [0.5, 0.6) is 5.75 Å². The molecule has 0 atom stereocenters. The minimum Gasteiger partial charge on any atom is -0.493 e. The Kier molecular flexibility index (Phi) is 4.68. The average molecular weight is 402 g/mol. The number of aryl methyl sites for hydroxylation is 1. The summed E-state index contributed by atoms with van der Waals surface area (Å²) in [6.45, 7) is 1.69. The summed E-state index contributed by atoms with van der Waals surface area (Å²) in [5.41, 5.74) is 2.78. The molecule has 2 aromatic carbocycles. The van der Waals surface area contributed by atoms with E-state index < -0.39 is 0 Å². The standard InChI is InChI=1S/C21H18N6O3/c28-21-9-7-15-6-8-17(12-20(15)30-21)29-11-3-10-26-13-16(22-24-26)14-27-19-5-2-1-4-18(19)23-25-27/h1-2,4-9,12-13H,3,10-11,14H2. The van der Waals surface area contributed by atoms with Crippen molar-refractivity contribution in [2.24, 2.45) is 0 Å². The Morgan fingerprint density at radius 3 is 2.87 bits per heavy atom. The van der Waals surface area contributed by atoms with Crippen LogP contribution >= 0.6 is 0 Å². The topological polar surface area (TPSA) is 101 Å². The lowest BCUT2D eigenvalue weighted by molar-refractivity contribution is 0.298. The van der Waals surface area contributed by atoms with Crippen molar-refractivity contribution in [3.63, 3.8) is 0 Å². The molecule has 0 radical (unpaired) electrons. The van der Waals surface area contributed by atoms with Gasteiger partial charge in [0, 0.05) is 30.5 Å². The molecule has 9 nitrogen and oxygen atoms in total. The minimum absolute atomic E-state index is 0.375. The highest BCUT2D eigenvalue weighted by Crippen LogP contribution is 2.19. The molecule has 0 bridgehead atoms. The average Bonchev–Trinajstić information content (AvgIpc) is 3.38. The highest BCUT2D eigenvalue weighted by atomic mass is 16.5. The van der Waals surface area contributed by atoms with Crippen LogP contribution in [0.15, 0.2) is 70.0 Å². The maximum Gasteiger partial charge on any atom is 0.336 e. The van der Waals surface area contributed by atoms with Crippen molar-refractivity contribution in [3.05, 3.63) is 76.9 Å². The van der Waals surface area contributed by atoms with Gasteiger partial charge in [0.05, 0.1) is 24.9 Å². The van der Waals surface area contributed by atoms with Crippen LogP contribution in [0.25, 0.3) is 22.0 Å². The summed E-state index contributed by atoms with van der Waals surface area (Å²) in [7, 11) is 0. The normalized spacial score (nSPS) is 11.3. The van der Waals surface area contributed by atoms with Gasteiger partial charge < -0.3 is 9.15 Å². The zero-order valence-electron chi connectivity index (χ0n) is 16.0. The molecule has 5 aromatic rings. The molecule has 9 heteroatoms. The van der Waals surface area contributed by atoms with E-state index >= 15 is 0 Å². The van der Waals surface area contributed by atoms with E-state index in [4.69, 9.17) is 9.15 Å². The Bertz CT molecular complexity index is 1370. The molecule has 3 aromatic heterocycles. The molecule has 0 spiro atoms. The SMILES string of the molecule is O=c1ccc2ccc(OCCCn3cc(Cn4nnc5ccccc54)nn3)cc2o1.